The fraction of sp³-hybridized carbons (Fsp3) is 0.692. The Morgan fingerprint density at radius 3 is 1.93 bits per heavy atom. The lowest BCUT2D eigenvalue weighted by molar-refractivity contribution is 0.153. The van der Waals surface area contributed by atoms with Crippen LogP contribution in [0.25, 0.3) is 0 Å². The van der Waals surface area contributed by atoms with Crippen LogP contribution < -0.4 is 0 Å². The third-order valence-electron chi connectivity index (χ3n) is 7.40. The molecule has 150 valence electrons. The van der Waals surface area contributed by atoms with E-state index in [1.807, 2.05) is 0 Å². The number of allylic oxidation sites excluding steroid dienone is 1. The first-order chi connectivity index (χ1) is 13.3. The van der Waals surface area contributed by atoms with Gasteiger partial charge in [0.15, 0.2) is 0 Å². The summed E-state index contributed by atoms with van der Waals surface area (Å²) < 4.78 is 0. The molecule has 1 heteroatoms. The Labute approximate surface area is 176 Å². The summed E-state index contributed by atoms with van der Waals surface area (Å²) in [5.41, 5.74) is 3.07. The number of hydrogen-bond acceptors (Lipinski definition) is 0. The molecule has 2 saturated carbocycles. The van der Waals surface area contributed by atoms with Crippen LogP contribution in [0.15, 0.2) is 35.3 Å². The molecule has 0 amide bonds. The van der Waals surface area contributed by atoms with Crippen LogP contribution in [0.5, 0.6) is 0 Å². The van der Waals surface area contributed by atoms with Crippen LogP contribution in [-0.4, -0.2) is 0 Å². The van der Waals surface area contributed by atoms with Crippen molar-refractivity contribution in [2.45, 2.75) is 90.4 Å². The Morgan fingerprint density at radius 2 is 1.37 bits per heavy atom. The van der Waals surface area contributed by atoms with Gasteiger partial charge in [-0.2, -0.15) is 0 Å². The minimum Gasteiger partial charge on any atom is -0.0745 e. The van der Waals surface area contributed by atoms with Gasteiger partial charge in [0.2, 0.25) is 0 Å². The number of unbranched alkanes of at least 4 members (excludes halogenated alkanes) is 1. The van der Waals surface area contributed by atoms with E-state index in [0.717, 1.165) is 23.7 Å². The van der Waals surface area contributed by atoms with E-state index in [1.165, 1.54) is 89.0 Å². The van der Waals surface area contributed by atoms with Gasteiger partial charge in [-0.3, -0.25) is 0 Å². The van der Waals surface area contributed by atoms with Crippen molar-refractivity contribution in [3.63, 3.8) is 0 Å². The third-order valence-corrected chi connectivity index (χ3v) is 7.71. The van der Waals surface area contributed by atoms with E-state index in [4.69, 9.17) is 0 Å². The van der Waals surface area contributed by atoms with Crippen LogP contribution in [0, 0.1) is 23.7 Å². The third kappa shape index (κ3) is 6.77. The molecule has 0 nitrogen and oxygen atoms in total. The molecule has 0 radical (unpaired) electrons. The van der Waals surface area contributed by atoms with Crippen LogP contribution in [0.3, 0.4) is 0 Å². The summed E-state index contributed by atoms with van der Waals surface area (Å²) in [5, 5.41) is 0. The van der Waals surface area contributed by atoms with Crippen LogP contribution in [0.1, 0.15) is 88.7 Å². The quantitative estimate of drug-likeness (QED) is 0.387. The summed E-state index contributed by atoms with van der Waals surface area (Å²) in [6, 6.07) is 9.50. The van der Waals surface area contributed by atoms with E-state index in [9.17, 15) is 0 Å². The molecule has 27 heavy (non-hydrogen) atoms. The smallest absolute Gasteiger partial charge is 0.0225 e. The minimum absolute atomic E-state index is 0.838. The molecule has 2 aliphatic carbocycles. The fourth-order valence-corrected chi connectivity index (χ4v) is 5.92. The van der Waals surface area contributed by atoms with Crippen LogP contribution in [-0.2, 0) is 12.8 Å². The molecular formula is C26H39Br. The van der Waals surface area contributed by atoms with Gasteiger partial charge in [-0.25, -0.2) is 0 Å². The van der Waals surface area contributed by atoms with E-state index in [0.29, 0.717) is 0 Å². The highest BCUT2D eigenvalue weighted by Crippen LogP contribution is 2.42. The molecule has 0 atom stereocenters. The molecule has 0 spiro atoms. The number of halogens is 1. The van der Waals surface area contributed by atoms with Crippen molar-refractivity contribution in [3.05, 3.63) is 46.5 Å². The Kier molecular flexibility index (Phi) is 8.97. The SMILES string of the molecule is CCCCc1ccc(CCC2CCC(C3CCC(/C=C/Br)CC3)CC2)cc1. The molecular weight excluding hydrogens is 392 g/mol. The van der Waals surface area contributed by atoms with Crippen molar-refractivity contribution in [2.75, 3.05) is 0 Å². The van der Waals surface area contributed by atoms with Crippen molar-refractivity contribution in [2.24, 2.45) is 23.7 Å². The van der Waals surface area contributed by atoms with Gasteiger partial charge in [0.05, 0.1) is 0 Å². The van der Waals surface area contributed by atoms with E-state index in [2.05, 4.69) is 58.2 Å². The lowest BCUT2D eigenvalue weighted by Gasteiger charge is -2.37. The number of aryl methyl sites for hydroxylation is 2. The zero-order valence-electron chi connectivity index (χ0n) is 17.3. The maximum absolute atomic E-state index is 3.45. The lowest BCUT2D eigenvalue weighted by Crippen LogP contribution is -2.25. The predicted molar refractivity (Wildman–Crippen MR) is 122 cm³/mol. The highest BCUT2D eigenvalue weighted by atomic mass is 79.9. The lowest BCUT2D eigenvalue weighted by atomic mass is 9.68. The Morgan fingerprint density at radius 1 is 0.815 bits per heavy atom. The molecule has 0 aliphatic heterocycles. The molecule has 0 heterocycles. The summed E-state index contributed by atoms with van der Waals surface area (Å²) in [6.45, 7) is 2.27. The first-order valence-corrected chi connectivity index (χ1v) is 12.5. The van der Waals surface area contributed by atoms with E-state index >= 15 is 0 Å². The normalized spacial score (nSPS) is 29.3. The van der Waals surface area contributed by atoms with Gasteiger partial charge in [0, 0.05) is 0 Å². The van der Waals surface area contributed by atoms with Gasteiger partial charge in [-0.1, -0.05) is 72.5 Å². The fourth-order valence-electron chi connectivity index (χ4n) is 5.48. The summed E-state index contributed by atoms with van der Waals surface area (Å²) in [4.78, 5) is 2.07. The zero-order chi connectivity index (χ0) is 18.9. The van der Waals surface area contributed by atoms with Gasteiger partial charge < -0.3 is 0 Å². The largest absolute Gasteiger partial charge is 0.0745 e. The Balaban J connectivity index is 1.35. The molecule has 0 unspecified atom stereocenters. The highest BCUT2D eigenvalue weighted by Gasteiger charge is 2.30. The van der Waals surface area contributed by atoms with Crippen molar-refractivity contribution in [1.29, 1.82) is 0 Å². The second-order valence-electron chi connectivity index (χ2n) is 9.23. The molecule has 1 aromatic carbocycles. The summed E-state index contributed by atoms with van der Waals surface area (Å²) >= 11 is 3.45. The molecule has 0 bridgehead atoms. The average molecular weight is 432 g/mol. The van der Waals surface area contributed by atoms with Crippen molar-refractivity contribution >= 4 is 15.9 Å². The number of benzene rings is 1. The van der Waals surface area contributed by atoms with Gasteiger partial charge >= 0.3 is 0 Å². The maximum atomic E-state index is 3.45. The van der Waals surface area contributed by atoms with Gasteiger partial charge in [0.1, 0.15) is 0 Å². The Bertz CT molecular complexity index is 542. The van der Waals surface area contributed by atoms with Crippen molar-refractivity contribution in [1.82, 2.24) is 0 Å². The maximum Gasteiger partial charge on any atom is -0.0225 e. The summed E-state index contributed by atoms with van der Waals surface area (Å²) in [5.74, 6) is 3.88. The van der Waals surface area contributed by atoms with Crippen molar-refractivity contribution in [3.8, 4) is 0 Å². The van der Waals surface area contributed by atoms with Crippen molar-refractivity contribution < 1.29 is 0 Å². The second-order valence-corrected chi connectivity index (χ2v) is 9.76. The minimum atomic E-state index is 0.838. The number of rotatable bonds is 8. The van der Waals surface area contributed by atoms with E-state index in [-0.39, 0.29) is 0 Å². The standard InChI is InChI=1S/C26H39Br/c1-2-3-4-21-5-7-22(8-6-21)9-10-23-11-15-25(16-12-23)26-17-13-24(14-18-26)19-20-27/h5-8,19-20,23-26H,2-4,9-18H2,1H3/b20-19+. The first-order valence-electron chi connectivity index (χ1n) is 11.6. The molecule has 0 saturated heterocycles. The molecule has 3 rings (SSSR count). The van der Waals surface area contributed by atoms with Crippen LogP contribution >= 0.6 is 15.9 Å². The highest BCUT2D eigenvalue weighted by molar-refractivity contribution is 9.11. The summed E-state index contributed by atoms with van der Waals surface area (Å²) in [7, 11) is 0. The second kappa shape index (κ2) is 11.4. The predicted octanol–water partition coefficient (Wildman–Crippen LogP) is 8.48. The first kappa shape index (κ1) is 21.2. The Hall–Kier alpha value is -0.560. The monoisotopic (exact) mass is 430 g/mol. The molecule has 0 aromatic heterocycles. The topological polar surface area (TPSA) is 0 Å². The average Bonchev–Trinajstić information content (AvgIpc) is 2.73. The van der Waals surface area contributed by atoms with Gasteiger partial charge in [0.25, 0.3) is 0 Å². The van der Waals surface area contributed by atoms with Crippen LogP contribution in [0.2, 0.25) is 0 Å². The zero-order valence-corrected chi connectivity index (χ0v) is 18.9. The molecule has 2 fully saturated rings. The van der Waals surface area contributed by atoms with E-state index < -0.39 is 0 Å². The summed E-state index contributed by atoms with van der Waals surface area (Å²) in [6.07, 6.45) is 20.7. The van der Waals surface area contributed by atoms with Crippen LogP contribution in [0.4, 0.5) is 0 Å². The number of hydrogen-bond donors (Lipinski definition) is 0. The molecule has 2 aliphatic rings. The molecule has 1 aromatic rings. The molecule has 0 N–H and O–H groups in total. The van der Waals surface area contributed by atoms with Gasteiger partial charge in [-0.15, -0.1) is 0 Å². The van der Waals surface area contributed by atoms with E-state index in [1.54, 1.807) is 5.56 Å². The van der Waals surface area contributed by atoms with Gasteiger partial charge in [-0.05, 0) is 104 Å².